The van der Waals surface area contributed by atoms with Crippen LogP contribution in [0.1, 0.15) is 63.5 Å². The van der Waals surface area contributed by atoms with Gasteiger partial charge in [0.25, 0.3) is 0 Å². The van der Waals surface area contributed by atoms with Crippen LogP contribution < -0.4 is 0 Å². The maximum atomic E-state index is 11.1. The molecule has 4 rings (SSSR count). The van der Waals surface area contributed by atoms with Crippen LogP contribution >= 0.6 is 38.5 Å². The van der Waals surface area contributed by atoms with Gasteiger partial charge in [-0.1, -0.05) is 28.4 Å². The molecule has 0 amide bonds. The summed E-state index contributed by atoms with van der Waals surface area (Å²) in [6.45, 7) is 1.95. The first-order chi connectivity index (χ1) is 10.9. The first-order valence-corrected chi connectivity index (χ1v) is 10.3. The zero-order chi connectivity index (χ0) is 16.2. The molecule has 2 saturated carbocycles. The van der Waals surface area contributed by atoms with Gasteiger partial charge in [-0.05, 0) is 85.7 Å². The number of aromatic nitrogens is 2. The maximum Gasteiger partial charge on any atom is 0.131 e. The molecule has 1 N–H and O–H groups in total. The molecule has 3 nitrogen and oxygen atoms in total. The molecular formula is C18H22BrIN2O. The van der Waals surface area contributed by atoms with Gasteiger partial charge in [0.2, 0.25) is 0 Å². The van der Waals surface area contributed by atoms with Crippen LogP contribution in [-0.2, 0) is 5.60 Å². The van der Waals surface area contributed by atoms with Gasteiger partial charge < -0.3 is 5.11 Å². The third-order valence-corrected chi connectivity index (χ3v) is 7.49. The highest BCUT2D eigenvalue weighted by molar-refractivity contribution is 14.1. The Kier molecular flexibility index (Phi) is 4.05. The van der Waals surface area contributed by atoms with Gasteiger partial charge in [-0.15, -0.1) is 0 Å². The van der Waals surface area contributed by atoms with Crippen LogP contribution in [0.25, 0.3) is 10.9 Å². The number of nitrogens with zero attached hydrogens (tertiary/aromatic N) is 2. The summed E-state index contributed by atoms with van der Waals surface area (Å²) >= 11 is 6.15. The average Bonchev–Trinajstić information content (AvgIpc) is 2.72. The van der Waals surface area contributed by atoms with E-state index in [0.29, 0.717) is 6.04 Å². The molecule has 0 bridgehead atoms. The molecule has 1 aromatic carbocycles. The third kappa shape index (κ3) is 2.86. The molecule has 0 aliphatic heterocycles. The fraction of sp³-hybridized carbons (Fsp3) is 0.611. The predicted molar refractivity (Wildman–Crippen MR) is 105 cm³/mol. The fourth-order valence-electron chi connectivity index (χ4n) is 3.80. The summed E-state index contributed by atoms with van der Waals surface area (Å²) in [5.74, 6) is 0. The summed E-state index contributed by atoms with van der Waals surface area (Å²) in [5.41, 5.74) is 1.37. The van der Waals surface area contributed by atoms with Crippen molar-refractivity contribution < 1.29 is 5.11 Å². The summed E-state index contributed by atoms with van der Waals surface area (Å²) in [6.07, 6.45) is 8.07. The zero-order valence-electron chi connectivity index (χ0n) is 13.4. The Labute approximate surface area is 159 Å². The van der Waals surface area contributed by atoms with E-state index in [0.717, 1.165) is 28.5 Å². The van der Waals surface area contributed by atoms with Crippen molar-refractivity contribution in [2.45, 2.75) is 67.8 Å². The largest absolute Gasteiger partial charge is 0.385 e. The van der Waals surface area contributed by atoms with E-state index in [1.165, 1.54) is 36.6 Å². The Balaban J connectivity index is 1.72. The Morgan fingerprint density at radius 3 is 2.70 bits per heavy atom. The molecule has 0 radical (unpaired) electrons. The number of hydrogen-bond acceptors (Lipinski definition) is 2. The normalized spacial score (nSPS) is 23.3. The van der Waals surface area contributed by atoms with Gasteiger partial charge in [0, 0.05) is 9.71 Å². The topological polar surface area (TPSA) is 38.1 Å². The van der Waals surface area contributed by atoms with Gasteiger partial charge in [-0.3, -0.25) is 4.68 Å². The van der Waals surface area contributed by atoms with E-state index in [2.05, 4.69) is 61.4 Å². The van der Waals surface area contributed by atoms with Crippen LogP contribution in [0.3, 0.4) is 0 Å². The fourth-order valence-corrected chi connectivity index (χ4v) is 5.59. The van der Waals surface area contributed by atoms with E-state index in [-0.39, 0.29) is 4.32 Å². The molecule has 1 atom stereocenters. The van der Waals surface area contributed by atoms with E-state index in [1.807, 2.05) is 6.92 Å². The average molecular weight is 489 g/mol. The van der Waals surface area contributed by atoms with Crippen LogP contribution in [0.4, 0.5) is 0 Å². The quantitative estimate of drug-likeness (QED) is 0.469. The van der Waals surface area contributed by atoms with Crippen LogP contribution in [0.5, 0.6) is 0 Å². The van der Waals surface area contributed by atoms with Crippen LogP contribution in [0, 0.1) is 3.70 Å². The van der Waals surface area contributed by atoms with Crippen molar-refractivity contribution >= 4 is 49.4 Å². The van der Waals surface area contributed by atoms with Crippen LogP contribution in [0.15, 0.2) is 18.2 Å². The predicted octanol–water partition coefficient (Wildman–Crippen LogP) is 5.28. The van der Waals surface area contributed by atoms with Gasteiger partial charge in [0.1, 0.15) is 3.70 Å². The summed E-state index contributed by atoms with van der Waals surface area (Å²) < 4.78 is 3.37. The highest BCUT2D eigenvalue weighted by atomic mass is 127. The number of rotatable bonds is 4. The standard InChI is InChI=1S/C18H22BrIN2O/c1-17(23,11-18(19)8-3-9-18)12-6-7-14-15(10-12)22(21-16(14)20)13-4-2-5-13/h6-7,10,13,23H,2-5,8-9,11H2,1H3. The number of benzene rings is 1. The second-order valence-corrected chi connectivity index (χ2v) is 10.2. The van der Waals surface area contributed by atoms with Gasteiger partial charge >= 0.3 is 0 Å². The lowest BCUT2D eigenvalue weighted by atomic mass is 9.75. The van der Waals surface area contributed by atoms with Gasteiger partial charge in [-0.2, -0.15) is 5.10 Å². The molecular weight excluding hydrogens is 467 g/mol. The minimum absolute atomic E-state index is 0.119. The minimum Gasteiger partial charge on any atom is -0.385 e. The molecule has 1 aromatic heterocycles. The second-order valence-electron chi connectivity index (χ2n) is 7.51. The maximum absolute atomic E-state index is 11.1. The Morgan fingerprint density at radius 1 is 1.39 bits per heavy atom. The molecule has 0 saturated heterocycles. The molecule has 124 valence electrons. The van der Waals surface area contributed by atoms with Crippen molar-refractivity contribution in [2.75, 3.05) is 0 Å². The van der Waals surface area contributed by atoms with E-state index < -0.39 is 5.60 Å². The zero-order valence-corrected chi connectivity index (χ0v) is 17.1. The number of alkyl halides is 1. The van der Waals surface area contributed by atoms with E-state index in [9.17, 15) is 5.11 Å². The van der Waals surface area contributed by atoms with Gasteiger partial charge in [0.05, 0.1) is 17.2 Å². The first-order valence-electron chi connectivity index (χ1n) is 8.48. The Hall–Kier alpha value is -0.140. The monoisotopic (exact) mass is 488 g/mol. The van der Waals surface area contributed by atoms with Crippen molar-refractivity contribution in [2.24, 2.45) is 0 Å². The van der Waals surface area contributed by atoms with Crippen molar-refractivity contribution in [1.82, 2.24) is 9.78 Å². The van der Waals surface area contributed by atoms with E-state index in [4.69, 9.17) is 5.10 Å². The lowest BCUT2D eigenvalue weighted by Gasteiger charge is -2.41. The SMILES string of the molecule is CC(O)(CC1(Br)CCC1)c1ccc2c(I)nn(C3CCC3)c2c1. The molecule has 2 aliphatic carbocycles. The molecule has 5 heteroatoms. The number of fused-ring (bicyclic) bond motifs is 1. The minimum atomic E-state index is -0.807. The summed E-state index contributed by atoms with van der Waals surface area (Å²) in [4.78, 5) is 0. The van der Waals surface area contributed by atoms with E-state index in [1.54, 1.807) is 0 Å². The summed E-state index contributed by atoms with van der Waals surface area (Å²) in [6, 6.07) is 6.91. The number of hydrogen-bond donors (Lipinski definition) is 1. The highest BCUT2D eigenvalue weighted by Crippen LogP contribution is 2.48. The summed E-state index contributed by atoms with van der Waals surface area (Å²) in [7, 11) is 0. The second kappa shape index (κ2) is 5.70. The van der Waals surface area contributed by atoms with Crippen molar-refractivity contribution in [3.63, 3.8) is 0 Å². The molecule has 2 aliphatic rings. The number of halogens is 2. The first kappa shape index (κ1) is 16.3. The molecule has 2 aromatic rings. The number of aliphatic hydroxyl groups is 1. The van der Waals surface area contributed by atoms with Crippen molar-refractivity contribution in [1.29, 1.82) is 0 Å². The smallest absolute Gasteiger partial charge is 0.131 e. The lowest BCUT2D eigenvalue weighted by Crippen LogP contribution is -2.38. The van der Waals surface area contributed by atoms with Gasteiger partial charge in [-0.25, -0.2) is 0 Å². The van der Waals surface area contributed by atoms with E-state index >= 15 is 0 Å². The van der Waals surface area contributed by atoms with Gasteiger partial charge in [0.15, 0.2) is 0 Å². The van der Waals surface area contributed by atoms with Crippen LogP contribution in [0.2, 0.25) is 0 Å². The lowest BCUT2D eigenvalue weighted by molar-refractivity contribution is 0.0266. The molecule has 1 heterocycles. The summed E-state index contributed by atoms with van der Waals surface area (Å²) in [5, 5.41) is 17.0. The Morgan fingerprint density at radius 2 is 2.13 bits per heavy atom. The van der Waals surface area contributed by atoms with Crippen molar-refractivity contribution in [3.05, 3.63) is 27.5 Å². The Bertz CT molecular complexity index is 747. The highest BCUT2D eigenvalue weighted by Gasteiger charge is 2.41. The molecule has 1 unspecified atom stereocenters. The molecule has 2 fully saturated rings. The van der Waals surface area contributed by atoms with Crippen LogP contribution in [-0.4, -0.2) is 19.2 Å². The van der Waals surface area contributed by atoms with Crippen molar-refractivity contribution in [3.8, 4) is 0 Å². The molecule has 23 heavy (non-hydrogen) atoms. The third-order valence-electron chi connectivity index (χ3n) is 5.62. The molecule has 0 spiro atoms.